The van der Waals surface area contributed by atoms with Gasteiger partial charge in [0, 0.05) is 41.7 Å². The van der Waals surface area contributed by atoms with Gasteiger partial charge in [0.2, 0.25) is 0 Å². The molecule has 2 saturated heterocycles. The lowest BCUT2D eigenvalue weighted by molar-refractivity contribution is -0.145. The number of aromatic amines is 1. The summed E-state index contributed by atoms with van der Waals surface area (Å²) in [6.07, 6.45) is 4.88. The molecule has 2 aliphatic rings. The number of nitrogens with zero attached hydrogens (tertiary/aromatic N) is 2. The van der Waals surface area contributed by atoms with Gasteiger partial charge in [0.05, 0.1) is 5.69 Å². The van der Waals surface area contributed by atoms with Gasteiger partial charge in [-0.2, -0.15) is 0 Å². The van der Waals surface area contributed by atoms with Crippen molar-refractivity contribution in [2.75, 3.05) is 13.1 Å². The number of esters is 1. The number of carbonyl (C=O) groups is 1. The first-order valence-electron chi connectivity index (χ1n) is 12.5. The number of benzene rings is 1. The second-order valence-electron chi connectivity index (χ2n) is 10.5. The van der Waals surface area contributed by atoms with Crippen LogP contribution in [0.15, 0.2) is 35.3 Å². The van der Waals surface area contributed by atoms with E-state index >= 15 is 0 Å². The van der Waals surface area contributed by atoms with E-state index in [0.29, 0.717) is 11.8 Å². The van der Waals surface area contributed by atoms with Crippen molar-refractivity contribution in [1.82, 2.24) is 14.5 Å². The van der Waals surface area contributed by atoms with Crippen molar-refractivity contribution in [1.29, 1.82) is 0 Å². The summed E-state index contributed by atoms with van der Waals surface area (Å²) in [4.78, 5) is 30.4. The molecule has 180 valence electrons. The van der Waals surface area contributed by atoms with E-state index < -0.39 is 0 Å². The van der Waals surface area contributed by atoms with Crippen molar-refractivity contribution in [3.63, 3.8) is 0 Å². The van der Waals surface area contributed by atoms with E-state index in [1.165, 1.54) is 16.5 Å². The smallest absolute Gasteiger partial charge is 0.323 e. The molecule has 0 spiro atoms. The van der Waals surface area contributed by atoms with Gasteiger partial charge in [-0.15, -0.1) is 0 Å². The number of pyridine rings is 1. The van der Waals surface area contributed by atoms with E-state index in [4.69, 9.17) is 4.74 Å². The largest absolute Gasteiger partial charge is 0.461 e. The molecule has 0 saturated carbocycles. The van der Waals surface area contributed by atoms with E-state index in [-0.39, 0.29) is 23.7 Å². The van der Waals surface area contributed by atoms with Crippen LogP contribution in [0, 0.1) is 6.92 Å². The Kier molecular flexibility index (Phi) is 5.88. The third-order valence-electron chi connectivity index (χ3n) is 7.68. The SMILES string of the molecule is Cc1cc(-c2[nH]c3ccc(C4CCN(C5CC(C)OC5=O)CC4)cc3c2C(C)C)cn(C)c1=O. The summed E-state index contributed by atoms with van der Waals surface area (Å²) in [5.74, 6) is 0.782. The predicted octanol–water partition coefficient (Wildman–Crippen LogP) is 4.85. The van der Waals surface area contributed by atoms with Gasteiger partial charge in [-0.3, -0.25) is 14.5 Å². The molecule has 3 aromatic rings. The molecular formula is C28H35N3O3. The van der Waals surface area contributed by atoms with E-state index in [1.54, 1.807) is 4.57 Å². The van der Waals surface area contributed by atoms with Gasteiger partial charge in [0.25, 0.3) is 5.56 Å². The normalized spacial score (nSPS) is 22.1. The molecule has 1 aromatic carbocycles. The number of cyclic esters (lactones) is 1. The maximum absolute atomic E-state index is 12.2. The number of aryl methyl sites for hydroxylation is 2. The number of H-pyrrole nitrogens is 1. The van der Waals surface area contributed by atoms with E-state index in [0.717, 1.165) is 54.7 Å². The summed E-state index contributed by atoms with van der Waals surface area (Å²) in [6, 6.07) is 8.75. The Hall–Kier alpha value is -2.86. The fourth-order valence-electron chi connectivity index (χ4n) is 5.90. The summed E-state index contributed by atoms with van der Waals surface area (Å²) in [5.41, 5.74) is 6.75. The number of likely N-dealkylation sites (tertiary alicyclic amines) is 1. The minimum atomic E-state index is -0.0662. The first-order chi connectivity index (χ1) is 16.2. The molecule has 4 heterocycles. The average molecular weight is 462 g/mol. The number of aromatic nitrogens is 2. The maximum Gasteiger partial charge on any atom is 0.323 e. The standard InChI is InChI=1S/C28H35N3O3/c1-16(2)25-22-14-20(19-8-10-31(11-9-19)24-13-18(4)34-28(24)33)6-7-23(22)29-26(25)21-12-17(3)27(32)30(5)15-21/h6-7,12,14-16,18-19,24,29H,8-11,13H2,1-5H3. The molecule has 6 heteroatoms. The number of piperidine rings is 1. The Morgan fingerprint density at radius 1 is 1.12 bits per heavy atom. The first kappa shape index (κ1) is 22.9. The van der Waals surface area contributed by atoms with Crippen LogP contribution in [0.25, 0.3) is 22.2 Å². The molecular weight excluding hydrogens is 426 g/mol. The van der Waals surface area contributed by atoms with Crippen LogP contribution in [-0.4, -0.2) is 45.7 Å². The topological polar surface area (TPSA) is 67.3 Å². The molecule has 5 rings (SSSR count). The lowest BCUT2D eigenvalue weighted by atomic mass is 9.87. The van der Waals surface area contributed by atoms with Crippen LogP contribution in [0.2, 0.25) is 0 Å². The maximum atomic E-state index is 12.2. The third kappa shape index (κ3) is 3.98. The third-order valence-corrected chi connectivity index (χ3v) is 7.68. The molecule has 0 bridgehead atoms. The predicted molar refractivity (Wildman–Crippen MR) is 135 cm³/mol. The van der Waals surface area contributed by atoms with E-state index in [2.05, 4.69) is 41.9 Å². The Bertz CT molecular complexity index is 1270. The van der Waals surface area contributed by atoms with Gasteiger partial charge in [-0.25, -0.2) is 0 Å². The summed E-state index contributed by atoms with van der Waals surface area (Å²) in [6.45, 7) is 10.2. The van der Waals surface area contributed by atoms with Crippen LogP contribution in [0.5, 0.6) is 0 Å². The lowest BCUT2D eigenvalue weighted by Gasteiger charge is -2.34. The zero-order valence-corrected chi connectivity index (χ0v) is 20.9. The van der Waals surface area contributed by atoms with Gasteiger partial charge < -0.3 is 14.3 Å². The second-order valence-corrected chi connectivity index (χ2v) is 10.5. The minimum Gasteiger partial charge on any atom is -0.461 e. The molecule has 2 aromatic heterocycles. The summed E-state index contributed by atoms with van der Waals surface area (Å²) < 4.78 is 7.05. The summed E-state index contributed by atoms with van der Waals surface area (Å²) in [7, 11) is 1.81. The highest BCUT2D eigenvalue weighted by molar-refractivity contribution is 5.92. The Labute approximate surface area is 200 Å². The monoisotopic (exact) mass is 461 g/mol. The Morgan fingerprint density at radius 2 is 1.85 bits per heavy atom. The van der Waals surface area contributed by atoms with Crippen molar-refractivity contribution in [2.45, 2.75) is 70.9 Å². The van der Waals surface area contributed by atoms with Crippen LogP contribution < -0.4 is 5.56 Å². The molecule has 0 radical (unpaired) electrons. The quantitative estimate of drug-likeness (QED) is 0.564. The number of rotatable bonds is 4. The number of ether oxygens (including phenoxy) is 1. The average Bonchev–Trinajstić information content (AvgIpc) is 3.36. The fraction of sp³-hybridized carbons (Fsp3) is 0.500. The lowest BCUT2D eigenvalue weighted by Crippen LogP contribution is -2.43. The fourth-order valence-corrected chi connectivity index (χ4v) is 5.90. The Balaban J connectivity index is 1.44. The highest BCUT2D eigenvalue weighted by Crippen LogP contribution is 2.38. The number of carbonyl (C=O) groups excluding carboxylic acids is 1. The highest BCUT2D eigenvalue weighted by atomic mass is 16.6. The van der Waals surface area contributed by atoms with E-state index in [1.807, 2.05) is 33.2 Å². The number of hydrogen-bond acceptors (Lipinski definition) is 4. The van der Waals surface area contributed by atoms with Crippen molar-refractivity contribution in [3.05, 3.63) is 57.5 Å². The molecule has 2 aliphatic heterocycles. The van der Waals surface area contributed by atoms with Gasteiger partial charge in [0.1, 0.15) is 12.1 Å². The van der Waals surface area contributed by atoms with Crippen molar-refractivity contribution in [3.8, 4) is 11.3 Å². The van der Waals surface area contributed by atoms with E-state index in [9.17, 15) is 9.59 Å². The zero-order valence-electron chi connectivity index (χ0n) is 20.9. The van der Waals surface area contributed by atoms with Crippen LogP contribution >= 0.6 is 0 Å². The minimum absolute atomic E-state index is 0.0330. The van der Waals surface area contributed by atoms with Crippen molar-refractivity contribution >= 4 is 16.9 Å². The number of hydrogen-bond donors (Lipinski definition) is 1. The summed E-state index contributed by atoms with van der Waals surface area (Å²) >= 11 is 0. The van der Waals surface area contributed by atoms with Gasteiger partial charge in [-0.05, 0) is 80.9 Å². The highest BCUT2D eigenvalue weighted by Gasteiger charge is 2.38. The molecule has 34 heavy (non-hydrogen) atoms. The van der Waals surface area contributed by atoms with Gasteiger partial charge >= 0.3 is 5.97 Å². The number of nitrogens with one attached hydrogen (secondary N) is 1. The van der Waals surface area contributed by atoms with Crippen LogP contribution in [0.1, 0.15) is 68.6 Å². The van der Waals surface area contributed by atoms with Gasteiger partial charge in [0.15, 0.2) is 0 Å². The molecule has 6 nitrogen and oxygen atoms in total. The van der Waals surface area contributed by atoms with Crippen LogP contribution in [-0.2, 0) is 16.6 Å². The van der Waals surface area contributed by atoms with Crippen molar-refractivity contribution in [2.24, 2.45) is 7.05 Å². The van der Waals surface area contributed by atoms with Crippen LogP contribution in [0.4, 0.5) is 0 Å². The van der Waals surface area contributed by atoms with Gasteiger partial charge in [-0.1, -0.05) is 19.9 Å². The molecule has 2 atom stereocenters. The van der Waals surface area contributed by atoms with Crippen molar-refractivity contribution < 1.29 is 9.53 Å². The molecule has 1 N–H and O–H groups in total. The molecule has 2 unspecified atom stereocenters. The first-order valence-corrected chi connectivity index (χ1v) is 12.5. The zero-order chi connectivity index (χ0) is 24.1. The van der Waals surface area contributed by atoms with Crippen LogP contribution in [0.3, 0.4) is 0 Å². The molecule has 0 aliphatic carbocycles. The molecule has 0 amide bonds. The second kappa shape index (κ2) is 8.73. The number of fused-ring (bicyclic) bond motifs is 1. The Morgan fingerprint density at radius 3 is 2.47 bits per heavy atom. The molecule has 2 fully saturated rings. The summed E-state index contributed by atoms with van der Waals surface area (Å²) in [5, 5.41) is 1.27.